The molecule has 0 unspecified atom stereocenters. The smallest absolute Gasteiger partial charge is 0.255 e. The summed E-state index contributed by atoms with van der Waals surface area (Å²) in [7, 11) is 0. The zero-order chi connectivity index (χ0) is 20.3. The summed E-state index contributed by atoms with van der Waals surface area (Å²) in [4.78, 5) is 23.1. The molecular formula is C21H34N2O2. The molecule has 0 saturated heterocycles. The largest absolute Gasteiger partial charge is 0.366 e. The molecule has 1 aromatic carbocycles. The lowest BCUT2D eigenvalue weighted by molar-refractivity contribution is -0.112. The third kappa shape index (κ3) is 12.5. The predicted molar refractivity (Wildman–Crippen MR) is 111 cm³/mol. The molecule has 4 heteroatoms. The van der Waals surface area contributed by atoms with Gasteiger partial charge in [0.15, 0.2) is 0 Å². The van der Waals surface area contributed by atoms with Crippen molar-refractivity contribution in [3.8, 4) is 0 Å². The molecule has 0 radical (unpaired) electrons. The van der Waals surface area contributed by atoms with Crippen LogP contribution in [0.2, 0.25) is 0 Å². The van der Waals surface area contributed by atoms with Crippen molar-refractivity contribution in [1.29, 1.82) is 0 Å². The molecule has 0 bridgehead atoms. The van der Waals surface area contributed by atoms with Crippen LogP contribution in [0, 0.1) is 0 Å². The number of allylic oxidation sites excluding steroid dienone is 3. The number of rotatable bonds is 4. The quantitative estimate of drug-likeness (QED) is 0.430. The molecule has 0 atom stereocenters. The van der Waals surface area contributed by atoms with Crippen molar-refractivity contribution in [3.05, 3.63) is 66.3 Å². The lowest BCUT2D eigenvalue weighted by Crippen LogP contribution is -2.18. The molecule has 0 aliphatic carbocycles. The number of anilines is 1. The van der Waals surface area contributed by atoms with Crippen LogP contribution in [0.1, 0.15) is 58.8 Å². The topological polar surface area (TPSA) is 72.2 Å². The number of primary amides is 1. The highest BCUT2D eigenvalue weighted by Gasteiger charge is 2.11. The zero-order valence-corrected chi connectivity index (χ0v) is 16.7. The maximum Gasteiger partial charge on any atom is 0.255 e. The van der Waals surface area contributed by atoms with Crippen molar-refractivity contribution in [1.82, 2.24) is 0 Å². The molecule has 1 aromatic rings. The summed E-state index contributed by atoms with van der Waals surface area (Å²) in [6.07, 6.45) is 6.92. The number of amides is 2. The van der Waals surface area contributed by atoms with Gasteiger partial charge in [0.2, 0.25) is 0 Å². The standard InChI is InChI=1S/C14H16N2O2.C3H6.2C2H6/c1-3-7-10(4-2)14(18)16-12-9-6-5-8-11(12)13(15)17;1-3-2;2*1-2/h3-9H,1-2H3,(H2,15,17)(H,16,18);3H,1H2,2H3;2*1-2H3/b7-3-,10-4+;;;. The summed E-state index contributed by atoms with van der Waals surface area (Å²) >= 11 is 0. The minimum absolute atomic E-state index is 0.274. The molecule has 3 N–H and O–H groups in total. The fraction of sp³-hybridized carbons (Fsp3) is 0.333. The lowest BCUT2D eigenvalue weighted by Gasteiger charge is -2.08. The van der Waals surface area contributed by atoms with E-state index in [2.05, 4.69) is 11.9 Å². The SMILES string of the molecule is C/C=C\C(=C/C)C(=O)Nc1ccccc1C(N)=O.C=CC.CC.CC. The Morgan fingerprint density at radius 3 is 1.92 bits per heavy atom. The van der Waals surface area contributed by atoms with Crippen molar-refractivity contribution in [2.24, 2.45) is 5.73 Å². The Balaban J connectivity index is -0.000000605. The van der Waals surface area contributed by atoms with Gasteiger partial charge in [0.05, 0.1) is 11.3 Å². The van der Waals surface area contributed by atoms with Gasteiger partial charge in [0, 0.05) is 5.57 Å². The van der Waals surface area contributed by atoms with Gasteiger partial charge < -0.3 is 11.1 Å². The molecule has 25 heavy (non-hydrogen) atoms. The summed E-state index contributed by atoms with van der Waals surface area (Å²) in [6.45, 7) is 16.9. The summed E-state index contributed by atoms with van der Waals surface area (Å²) in [5, 5.41) is 2.67. The third-order valence-corrected chi connectivity index (χ3v) is 2.36. The number of nitrogens with two attached hydrogens (primary N) is 1. The monoisotopic (exact) mass is 346 g/mol. The van der Waals surface area contributed by atoms with Gasteiger partial charge in [-0.05, 0) is 32.9 Å². The Hall–Kier alpha value is -2.62. The molecule has 1 rings (SSSR count). The van der Waals surface area contributed by atoms with E-state index in [9.17, 15) is 9.59 Å². The normalized spacial score (nSPS) is 9.32. The van der Waals surface area contributed by atoms with Gasteiger partial charge in [-0.1, -0.05) is 64.1 Å². The van der Waals surface area contributed by atoms with E-state index in [-0.39, 0.29) is 5.91 Å². The minimum Gasteiger partial charge on any atom is -0.366 e. The maximum atomic E-state index is 11.9. The zero-order valence-electron chi connectivity index (χ0n) is 16.7. The van der Waals surface area contributed by atoms with Gasteiger partial charge in [0.1, 0.15) is 0 Å². The Bertz CT molecular complexity index is 559. The van der Waals surface area contributed by atoms with Crippen molar-refractivity contribution in [2.75, 3.05) is 5.32 Å². The second-order valence-corrected chi connectivity index (χ2v) is 4.02. The van der Waals surface area contributed by atoms with Crippen LogP contribution in [0.15, 0.2) is 60.7 Å². The van der Waals surface area contributed by atoms with Crippen LogP contribution >= 0.6 is 0 Å². The summed E-state index contributed by atoms with van der Waals surface area (Å²) in [5.41, 5.74) is 6.47. The van der Waals surface area contributed by atoms with Gasteiger partial charge in [-0.3, -0.25) is 9.59 Å². The number of carbonyl (C=O) groups is 2. The first-order valence-corrected chi connectivity index (χ1v) is 8.58. The number of nitrogens with one attached hydrogen (secondary N) is 1. The Labute approximate surface area is 153 Å². The van der Waals surface area contributed by atoms with Gasteiger partial charge in [-0.25, -0.2) is 0 Å². The highest BCUT2D eigenvalue weighted by molar-refractivity contribution is 6.09. The Morgan fingerprint density at radius 2 is 1.52 bits per heavy atom. The lowest BCUT2D eigenvalue weighted by atomic mass is 10.1. The first kappa shape index (κ1) is 27.2. The number of hydrogen-bond donors (Lipinski definition) is 2. The molecule has 0 spiro atoms. The molecule has 0 aromatic heterocycles. The van der Waals surface area contributed by atoms with Crippen molar-refractivity contribution >= 4 is 17.5 Å². The highest BCUT2D eigenvalue weighted by Crippen LogP contribution is 2.15. The minimum atomic E-state index is -0.570. The summed E-state index contributed by atoms with van der Waals surface area (Å²) < 4.78 is 0. The second kappa shape index (κ2) is 19.4. The molecule has 0 aliphatic heterocycles. The van der Waals surface area contributed by atoms with Gasteiger partial charge in [-0.15, -0.1) is 6.58 Å². The van der Waals surface area contributed by atoms with E-state index in [1.807, 2.05) is 41.5 Å². The molecule has 0 fully saturated rings. The predicted octanol–water partition coefficient (Wildman–Crippen LogP) is 5.49. The molecule has 4 nitrogen and oxygen atoms in total. The van der Waals surface area contributed by atoms with E-state index >= 15 is 0 Å². The van der Waals surface area contributed by atoms with E-state index in [1.165, 1.54) is 0 Å². The first-order chi connectivity index (χ1) is 12.0. The molecule has 140 valence electrons. The van der Waals surface area contributed by atoms with Crippen LogP contribution in [0.3, 0.4) is 0 Å². The third-order valence-electron chi connectivity index (χ3n) is 2.36. The van der Waals surface area contributed by atoms with Gasteiger partial charge in [-0.2, -0.15) is 0 Å². The number of carbonyl (C=O) groups excluding carboxylic acids is 2. The fourth-order valence-corrected chi connectivity index (χ4v) is 1.48. The molecule has 2 amide bonds. The van der Waals surface area contributed by atoms with E-state index < -0.39 is 5.91 Å². The molecular weight excluding hydrogens is 312 g/mol. The van der Waals surface area contributed by atoms with E-state index in [0.29, 0.717) is 16.8 Å². The number of para-hydroxylation sites is 1. The van der Waals surface area contributed by atoms with Crippen LogP contribution in [-0.4, -0.2) is 11.8 Å². The Morgan fingerprint density at radius 1 is 1.04 bits per heavy atom. The number of hydrogen-bond acceptors (Lipinski definition) is 2. The average molecular weight is 347 g/mol. The molecule has 0 saturated carbocycles. The summed E-state index contributed by atoms with van der Waals surface area (Å²) in [6, 6.07) is 6.63. The highest BCUT2D eigenvalue weighted by atomic mass is 16.2. The Kier molecular flexibility index (Phi) is 21.2. The van der Waals surface area contributed by atoms with E-state index in [1.54, 1.807) is 55.5 Å². The van der Waals surface area contributed by atoms with Crippen molar-refractivity contribution in [3.63, 3.8) is 0 Å². The fourth-order valence-electron chi connectivity index (χ4n) is 1.48. The van der Waals surface area contributed by atoms with Crippen molar-refractivity contribution < 1.29 is 9.59 Å². The van der Waals surface area contributed by atoms with Crippen LogP contribution < -0.4 is 11.1 Å². The van der Waals surface area contributed by atoms with Gasteiger partial charge >= 0.3 is 0 Å². The number of benzene rings is 1. The second-order valence-electron chi connectivity index (χ2n) is 4.02. The molecule has 0 heterocycles. The van der Waals surface area contributed by atoms with Gasteiger partial charge in [0.25, 0.3) is 11.8 Å². The average Bonchev–Trinajstić information content (AvgIpc) is 2.64. The maximum absolute atomic E-state index is 11.9. The van der Waals surface area contributed by atoms with E-state index in [0.717, 1.165) is 0 Å². The molecule has 0 aliphatic rings. The van der Waals surface area contributed by atoms with Crippen LogP contribution in [-0.2, 0) is 4.79 Å². The van der Waals surface area contributed by atoms with E-state index in [4.69, 9.17) is 5.73 Å². The summed E-state index contributed by atoms with van der Waals surface area (Å²) in [5.74, 6) is -0.844. The van der Waals surface area contributed by atoms with Crippen LogP contribution in [0.4, 0.5) is 5.69 Å². The van der Waals surface area contributed by atoms with Crippen LogP contribution in [0.25, 0.3) is 0 Å². The van der Waals surface area contributed by atoms with Crippen LogP contribution in [0.5, 0.6) is 0 Å². The first-order valence-electron chi connectivity index (χ1n) is 8.58. The van der Waals surface area contributed by atoms with Crippen molar-refractivity contribution in [2.45, 2.75) is 48.5 Å².